The average molecular weight is 598 g/mol. The number of aromatic nitrogens is 1. The molecule has 47 heavy (non-hydrogen) atoms. The molecule has 0 unspecified atom stereocenters. The zero-order valence-electron chi connectivity index (χ0n) is 25.4. The summed E-state index contributed by atoms with van der Waals surface area (Å²) >= 11 is 0. The summed E-state index contributed by atoms with van der Waals surface area (Å²) in [6.45, 7) is 0. The second-order valence-electron chi connectivity index (χ2n) is 12.2. The quantitative estimate of drug-likeness (QED) is 0.150. The topological polar surface area (TPSA) is 26.0 Å². The van der Waals surface area contributed by atoms with Crippen molar-refractivity contribution in [3.05, 3.63) is 164 Å². The average Bonchev–Trinajstić information content (AvgIpc) is 3.58. The normalized spacial score (nSPS) is 11.8. The molecule has 0 amide bonds. The smallest absolute Gasteiger partial charge is 0.227 e. The van der Waals surface area contributed by atoms with Gasteiger partial charge in [-0.3, -0.25) is 0 Å². The number of fused-ring (bicyclic) bond motifs is 8. The molecule has 1 aromatic heterocycles. The summed E-state index contributed by atoms with van der Waals surface area (Å²) in [5.41, 5.74) is 7.66. The first-order valence-electron chi connectivity index (χ1n) is 16.1. The number of benzene rings is 9. The van der Waals surface area contributed by atoms with E-state index in [1.165, 1.54) is 60.0 Å². The number of hydrogen-bond acceptors (Lipinski definition) is 2. The van der Waals surface area contributed by atoms with Crippen molar-refractivity contribution < 1.29 is 4.42 Å². The first-order valence-corrected chi connectivity index (χ1v) is 16.1. The monoisotopic (exact) mass is 597 g/mol. The highest BCUT2D eigenvalue weighted by Crippen LogP contribution is 2.48. The van der Waals surface area contributed by atoms with Gasteiger partial charge < -0.3 is 4.42 Å². The van der Waals surface area contributed by atoms with Crippen molar-refractivity contribution in [2.75, 3.05) is 0 Å². The fourth-order valence-corrected chi connectivity index (χ4v) is 7.64. The second kappa shape index (κ2) is 10.1. The lowest BCUT2D eigenvalue weighted by Crippen LogP contribution is -1.93. The molecule has 9 aromatic carbocycles. The van der Waals surface area contributed by atoms with Gasteiger partial charge in [0, 0.05) is 10.9 Å². The lowest BCUT2D eigenvalue weighted by molar-refractivity contribution is 0.623. The van der Waals surface area contributed by atoms with Gasteiger partial charge in [0.25, 0.3) is 0 Å². The zero-order chi connectivity index (χ0) is 30.9. The van der Waals surface area contributed by atoms with E-state index in [9.17, 15) is 0 Å². The Morgan fingerprint density at radius 2 is 0.936 bits per heavy atom. The SMILES string of the molecule is c1ccc(-c2nc3ccc4cc(-c5c6ccccc6c(-c6cccc7ccccc67)c6ccccc56)c5ccccc5c4c3o2)cc1. The van der Waals surface area contributed by atoms with Gasteiger partial charge in [-0.25, -0.2) is 4.98 Å². The van der Waals surface area contributed by atoms with Crippen LogP contribution in [-0.2, 0) is 0 Å². The van der Waals surface area contributed by atoms with Crippen molar-refractivity contribution in [3.8, 4) is 33.7 Å². The molecule has 1 heterocycles. The van der Waals surface area contributed by atoms with Crippen LogP contribution in [0.1, 0.15) is 0 Å². The molecule has 2 heteroatoms. The molecule has 0 N–H and O–H groups in total. The van der Waals surface area contributed by atoms with Crippen LogP contribution < -0.4 is 0 Å². The predicted molar refractivity (Wildman–Crippen MR) is 198 cm³/mol. The molecule has 0 atom stereocenters. The van der Waals surface area contributed by atoms with E-state index in [-0.39, 0.29) is 0 Å². The largest absolute Gasteiger partial charge is 0.435 e. The third-order valence-electron chi connectivity index (χ3n) is 9.66. The van der Waals surface area contributed by atoms with E-state index in [2.05, 4.69) is 133 Å². The molecular weight excluding hydrogens is 571 g/mol. The van der Waals surface area contributed by atoms with Crippen molar-refractivity contribution in [1.29, 1.82) is 0 Å². The third kappa shape index (κ3) is 3.89. The zero-order valence-corrected chi connectivity index (χ0v) is 25.4. The van der Waals surface area contributed by atoms with Crippen LogP contribution in [0.15, 0.2) is 168 Å². The Labute approximate surface area is 271 Å². The van der Waals surface area contributed by atoms with Gasteiger partial charge in [-0.05, 0) is 95.0 Å². The minimum Gasteiger partial charge on any atom is -0.435 e. The van der Waals surface area contributed by atoms with Gasteiger partial charge in [0.2, 0.25) is 5.89 Å². The van der Waals surface area contributed by atoms with Crippen molar-refractivity contribution in [3.63, 3.8) is 0 Å². The van der Waals surface area contributed by atoms with Crippen LogP contribution in [0.3, 0.4) is 0 Å². The predicted octanol–water partition coefficient (Wildman–Crippen LogP) is 12.6. The molecule has 0 aliphatic rings. The van der Waals surface area contributed by atoms with Crippen LogP contribution >= 0.6 is 0 Å². The van der Waals surface area contributed by atoms with Crippen LogP contribution in [0.25, 0.3) is 98.7 Å². The van der Waals surface area contributed by atoms with E-state index < -0.39 is 0 Å². The molecular formula is C45H27NO. The Morgan fingerprint density at radius 3 is 1.64 bits per heavy atom. The molecule has 0 bridgehead atoms. The fourth-order valence-electron chi connectivity index (χ4n) is 7.64. The molecule has 10 rings (SSSR count). The number of hydrogen-bond donors (Lipinski definition) is 0. The Morgan fingerprint density at radius 1 is 0.383 bits per heavy atom. The van der Waals surface area contributed by atoms with Gasteiger partial charge in [-0.1, -0.05) is 140 Å². The van der Waals surface area contributed by atoms with E-state index in [1.54, 1.807) is 0 Å². The van der Waals surface area contributed by atoms with E-state index in [4.69, 9.17) is 9.40 Å². The van der Waals surface area contributed by atoms with Gasteiger partial charge in [-0.15, -0.1) is 0 Å². The first kappa shape index (κ1) is 26.0. The Bertz CT molecular complexity index is 2780. The molecule has 0 aliphatic heterocycles. The summed E-state index contributed by atoms with van der Waals surface area (Å²) in [4.78, 5) is 4.90. The molecule has 218 valence electrons. The molecule has 10 aromatic rings. The van der Waals surface area contributed by atoms with Crippen LogP contribution in [0.4, 0.5) is 0 Å². The summed E-state index contributed by atoms with van der Waals surface area (Å²) in [6.07, 6.45) is 0. The summed E-state index contributed by atoms with van der Waals surface area (Å²) in [5, 5.41) is 12.1. The van der Waals surface area contributed by atoms with Gasteiger partial charge in [0.15, 0.2) is 5.58 Å². The van der Waals surface area contributed by atoms with Crippen molar-refractivity contribution in [2.45, 2.75) is 0 Å². The molecule has 0 saturated carbocycles. The van der Waals surface area contributed by atoms with Gasteiger partial charge >= 0.3 is 0 Å². The van der Waals surface area contributed by atoms with Gasteiger partial charge in [0.05, 0.1) is 0 Å². The van der Waals surface area contributed by atoms with E-state index in [0.717, 1.165) is 32.8 Å². The molecule has 0 radical (unpaired) electrons. The Balaban J connectivity index is 1.33. The minimum atomic E-state index is 0.641. The van der Waals surface area contributed by atoms with Gasteiger partial charge in [0.1, 0.15) is 5.52 Å². The molecule has 2 nitrogen and oxygen atoms in total. The van der Waals surface area contributed by atoms with E-state index in [0.29, 0.717) is 5.89 Å². The Hall–Kier alpha value is -6.25. The van der Waals surface area contributed by atoms with E-state index >= 15 is 0 Å². The highest BCUT2D eigenvalue weighted by atomic mass is 16.3. The summed E-state index contributed by atoms with van der Waals surface area (Å²) in [5.74, 6) is 0.641. The second-order valence-corrected chi connectivity index (χ2v) is 12.2. The fraction of sp³-hybridized carbons (Fsp3) is 0. The van der Waals surface area contributed by atoms with Crippen LogP contribution in [0, 0.1) is 0 Å². The maximum atomic E-state index is 6.55. The maximum absolute atomic E-state index is 6.55. The molecule has 0 saturated heterocycles. The first-order chi connectivity index (χ1) is 23.3. The third-order valence-corrected chi connectivity index (χ3v) is 9.66. The lowest BCUT2D eigenvalue weighted by Gasteiger charge is -2.20. The summed E-state index contributed by atoms with van der Waals surface area (Å²) < 4.78 is 6.55. The number of nitrogens with zero attached hydrogens (tertiary/aromatic N) is 1. The Kier molecular flexibility index (Phi) is 5.61. The van der Waals surface area contributed by atoms with Gasteiger partial charge in [-0.2, -0.15) is 0 Å². The van der Waals surface area contributed by atoms with Crippen molar-refractivity contribution in [2.24, 2.45) is 0 Å². The highest BCUT2D eigenvalue weighted by Gasteiger charge is 2.21. The van der Waals surface area contributed by atoms with Crippen LogP contribution in [-0.4, -0.2) is 4.98 Å². The van der Waals surface area contributed by atoms with Crippen LogP contribution in [0.2, 0.25) is 0 Å². The molecule has 0 aliphatic carbocycles. The number of oxazole rings is 1. The lowest BCUT2D eigenvalue weighted by atomic mass is 9.83. The maximum Gasteiger partial charge on any atom is 0.227 e. The number of rotatable bonds is 3. The van der Waals surface area contributed by atoms with Crippen molar-refractivity contribution in [1.82, 2.24) is 4.98 Å². The highest BCUT2D eigenvalue weighted by molar-refractivity contribution is 6.28. The minimum absolute atomic E-state index is 0.641. The van der Waals surface area contributed by atoms with Crippen LogP contribution in [0.5, 0.6) is 0 Å². The summed E-state index contributed by atoms with van der Waals surface area (Å²) in [7, 11) is 0. The standard InChI is InChI=1S/C45H27NO/c1-2-14-29(15-3-1)45-46-40-26-25-30-27-39(32-18-6-7-19-34(32)41(30)44(40)47-45)43-37-22-10-8-20-35(37)42(36-21-9-11-23-38(36)43)33-24-12-16-28-13-4-5-17-31(28)33/h1-27H. The van der Waals surface area contributed by atoms with Crippen molar-refractivity contribution >= 4 is 65.0 Å². The summed E-state index contributed by atoms with van der Waals surface area (Å²) in [6, 6.07) is 58.7. The molecule has 0 spiro atoms. The molecule has 0 fully saturated rings. The van der Waals surface area contributed by atoms with E-state index in [1.807, 2.05) is 30.3 Å².